The number of hydrogen-bond acceptors (Lipinski definition) is 3. The second kappa shape index (κ2) is 5.89. The first-order chi connectivity index (χ1) is 13.0. The predicted octanol–water partition coefficient (Wildman–Crippen LogP) is 4.20. The number of halogens is 3. The number of piperidine rings is 1. The molecule has 2 atom stereocenters. The minimum absolute atomic E-state index is 0.222. The summed E-state index contributed by atoms with van der Waals surface area (Å²) in [6.45, 7) is 2.87. The third-order valence-electron chi connectivity index (χ3n) is 6.22. The van der Waals surface area contributed by atoms with Crippen LogP contribution in [-0.4, -0.2) is 32.8 Å². The van der Waals surface area contributed by atoms with Gasteiger partial charge in [0.25, 0.3) is 0 Å². The first-order valence-corrected chi connectivity index (χ1v) is 9.37. The Morgan fingerprint density at radius 1 is 1.19 bits per heavy atom. The second-order valence-corrected chi connectivity index (χ2v) is 7.59. The standard InChI is InChI=1S/C21H21F3N2O/c1-27-14-2-3-15(18(10-14)21(22,23)24)13-8-12-5-7-26-19-4-6-25-11-17(19)16(9-13)20(12)26/h2-3,8-10,17,19,25H,4-7,11H2,1H3/t17-,19-/m1/s1. The van der Waals surface area contributed by atoms with Gasteiger partial charge in [-0.15, -0.1) is 0 Å². The van der Waals surface area contributed by atoms with Crippen molar-refractivity contribution in [3.8, 4) is 16.9 Å². The Balaban J connectivity index is 1.67. The molecule has 0 bridgehead atoms. The summed E-state index contributed by atoms with van der Waals surface area (Å²) in [6, 6.07) is 8.67. The summed E-state index contributed by atoms with van der Waals surface area (Å²) in [5, 5.41) is 3.45. The molecule has 3 heterocycles. The fourth-order valence-electron chi connectivity index (χ4n) is 5.05. The molecule has 0 saturated carbocycles. The van der Waals surface area contributed by atoms with E-state index in [9.17, 15) is 13.2 Å². The van der Waals surface area contributed by atoms with Crippen LogP contribution >= 0.6 is 0 Å². The van der Waals surface area contributed by atoms with E-state index in [1.54, 1.807) is 6.07 Å². The molecule has 0 aromatic heterocycles. The maximum Gasteiger partial charge on any atom is 0.417 e. The van der Waals surface area contributed by atoms with Crippen molar-refractivity contribution in [3.05, 3.63) is 47.0 Å². The minimum Gasteiger partial charge on any atom is -0.497 e. The average molecular weight is 374 g/mol. The molecule has 3 aliphatic rings. The normalized spacial score (nSPS) is 23.3. The third-order valence-corrected chi connectivity index (χ3v) is 6.22. The number of hydrogen-bond donors (Lipinski definition) is 1. The number of nitrogens with one attached hydrogen (secondary N) is 1. The summed E-state index contributed by atoms with van der Waals surface area (Å²) >= 11 is 0. The lowest BCUT2D eigenvalue weighted by molar-refractivity contribution is -0.137. The van der Waals surface area contributed by atoms with E-state index in [2.05, 4.69) is 10.2 Å². The summed E-state index contributed by atoms with van der Waals surface area (Å²) in [4.78, 5) is 2.48. The maximum absolute atomic E-state index is 13.7. The number of rotatable bonds is 2. The molecule has 3 nitrogen and oxygen atoms in total. The Kier molecular flexibility index (Phi) is 3.69. The van der Waals surface area contributed by atoms with Gasteiger partial charge in [-0.25, -0.2) is 0 Å². The highest BCUT2D eigenvalue weighted by Gasteiger charge is 2.44. The van der Waals surface area contributed by atoms with Crippen molar-refractivity contribution in [1.82, 2.24) is 5.32 Å². The Morgan fingerprint density at radius 2 is 2.04 bits per heavy atom. The molecule has 2 aromatic carbocycles. The van der Waals surface area contributed by atoms with E-state index >= 15 is 0 Å². The number of anilines is 1. The highest BCUT2D eigenvalue weighted by atomic mass is 19.4. The maximum atomic E-state index is 13.7. The summed E-state index contributed by atoms with van der Waals surface area (Å²) in [5.74, 6) is 0.583. The van der Waals surface area contributed by atoms with Gasteiger partial charge in [0.15, 0.2) is 0 Å². The van der Waals surface area contributed by atoms with Crippen molar-refractivity contribution in [2.24, 2.45) is 0 Å². The van der Waals surface area contributed by atoms with Crippen molar-refractivity contribution >= 4 is 5.69 Å². The molecule has 0 unspecified atom stereocenters. The molecule has 0 radical (unpaired) electrons. The zero-order valence-electron chi connectivity index (χ0n) is 15.1. The SMILES string of the molecule is COc1ccc(-c2cc3c4c(c2)[C@H]2CNCC[C@H]2N4CC3)c(C(F)(F)F)c1. The van der Waals surface area contributed by atoms with Crippen LogP contribution < -0.4 is 15.0 Å². The molecule has 0 aliphatic carbocycles. The molecule has 1 fully saturated rings. The summed E-state index contributed by atoms with van der Waals surface area (Å²) in [5.41, 5.74) is 3.92. The van der Waals surface area contributed by atoms with Gasteiger partial charge in [0.2, 0.25) is 0 Å². The van der Waals surface area contributed by atoms with Crippen molar-refractivity contribution in [3.63, 3.8) is 0 Å². The molecule has 1 saturated heterocycles. The second-order valence-electron chi connectivity index (χ2n) is 7.59. The number of alkyl halides is 3. The van der Waals surface area contributed by atoms with Crippen LogP contribution in [0.25, 0.3) is 11.1 Å². The number of nitrogens with zero attached hydrogens (tertiary/aromatic N) is 1. The zero-order valence-corrected chi connectivity index (χ0v) is 15.1. The van der Waals surface area contributed by atoms with Gasteiger partial charge < -0.3 is 15.0 Å². The Labute approximate surface area is 156 Å². The van der Waals surface area contributed by atoms with Crippen molar-refractivity contribution in [2.75, 3.05) is 31.6 Å². The highest BCUT2D eigenvalue weighted by molar-refractivity contribution is 5.79. The van der Waals surface area contributed by atoms with E-state index in [4.69, 9.17) is 4.74 Å². The fraction of sp³-hybridized carbons (Fsp3) is 0.429. The van der Waals surface area contributed by atoms with Gasteiger partial charge in [-0.3, -0.25) is 0 Å². The molecule has 5 rings (SSSR count). The van der Waals surface area contributed by atoms with Gasteiger partial charge >= 0.3 is 6.18 Å². The molecule has 6 heteroatoms. The smallest absolute Gasteiger partial charge is 0.417 e. The van der Waals surface area contributed by atoms with Crippen molar-refractivity contribution in [1.29, 1.82) is 0 Å². The first kappa shape index (κ1) is 16.9. The molecular weight excluding hydrogens is 353 g/mol. The van der Waals surface area contributed by atoms with Crippen LogP contribution in [0.15, 0.2) is 30.3 Å². The monoisotopic (exact) mass is 374 g/mol. The number of fused-ring (bicyclic) bond motifs is 3. The highest BCUT2D eigenvalue weighted by Crippen LogP contribution is 2.50. The van der Waals surface area contributed by atoms with Gasteiger partial charge in [0, 0.05) is 30.7 Å². The Hall–Kier alpha value is -2.21. The summed E-state index contributed by atoms with van der Waals surface area (Å²) < 4.78 is 46.2. The molecule has 3 aliphatic heterocycles. The van der Waals surface area contributed by atoms with Crippen LogP contribution in [0.4, 0.5) is 18.9 Å². The van der Waals surface area contributed by atoms with Crippen LogP contribution in [0, 0.1) is 0 Å². The van der Waals surface area contributed by atoms with Gasteiger partial charge in [-0.2, -0.15) is 13.2 Å². The Morgan fingerprint density at radius 3 is 2.81 bits per heavy atom. The van der Waals surface area contributed by atoms with E-state index in [0.717, 1.165) is 38.5 Å². The quantitative estimate of drug-likeness (QED) is 0.853. The molecule has 1 N–H and O–H groups in total. The van der Waals surface area contributed by atoms with E-state index in [0.29, 0.717) is 17.5 Å². The topological polar surface area (TPSA) is 24.5 Å². The van der Waals surface area contributed by atoms with Crippen LogP contribution in [0.5, 0.6) is 5.75 Å². The molecule has 2 aromatic rings. The van der Waals surface area contributed by atoms with Gasteiger partial charge in [0.1, 0.15) is 5.75 Å². The van der Waals surface area contributed by atoms with Crippen molar-refractivity contribution in [2.45, 2.75) is 31.0 Å². The molecule has 27 heavy (non-hydrogen) atoms. The first-order valence-electron chi connectivity index (χ1n) is 9.37. The van der Waals surface area contributed by atoms with Crippen LogP contribution in [0.3, 0.4) is 0 Å². The average Bonchev–Trinajstić information content (AvgIpc) is 3.23. The van der Waals surface area contributed by atoms with E-state index < -0.39 is 11.7 Å². The van der Waals surface area contributed by atoms with E-state index in [1.165, 1.54) is 30.0 Å². The lowest BCUT2D eigenvalue weighted by Crippen LogP contribution is -2.43. The number of ether oxygens (including phenoxy) is 1. The van der Waals surface area contributed by atoms with Gasteiger partial charge in [-0.1, -0.05) is 6.07 Å². The summed E-state index contributed by atoms with van der Waals surface area (Å²) in [6.07, 6.45) is -2.43. The van der Waals surface area contributed by atoms with Crippen LogP contribution in [0.2, 0.25) is 0 Å². The largest absolute Gasteiger partial charge is 0.497 e. The van der Waals surface area contributed by atoms with Crippen LogP contribution in [0.1, 0.15) is 29.0 Å². The van der Waals surface area contributed by atoms with E-state index in [1.807, 2.05) is 12.1 Å². The molecule has 0 spiro atoms. The summed E-state index contributed by atoms with van der Waals surface area (Å²) in [7, 11) is 1.38. The number of methoxy groups -OCH3 is 1. The van der Waals surface area contributed by atoms with Gasteiger partial charge in [0.05, 0.1) is 12.7 Å². The molecule has 142 valence electrons. The zero-order chi connectivity index (χ0) is 18.8. The Bertz CT molecular complexity index is 909. The van der Waals surface area contributed by atoms with Gasteiger partial charge in [-0.05, 0) is 65.9 Å². The predicted molar refractivity (Wildman–Crippen MR) is 98.5 cm³/mol. The fourth-order valence-corrected chi connectivity index (χ4v) is 5.05. The van der Waals surface area contributed by atoms with Crippen LogP contribution in [-0.2, 0) is 12.6 Å². The minimum atomic E-state index is -4.43. The number of benzene rings is 2. The lowest BCUT2D eigenvalue weighted by Gasteiger charge is -2.32. The third kappa shape index (κ3) is 2.53. The lowest BCUT2D eigenvalue weighted by atomic mass is 9.86. The van der Waals surface area contributed by atoms with Crippen molar-refractivity contribution < 1.29 is 17.9 Å². The molecular formula is C21H21F3N2O. The van der Waals surface area contributed by atoms with E-state index in [-0.39, 0.29) is 11.3 Å². The molecule has 0 amide bonds.